The fourth-order valence-electron chi connectivity index (χ4n) is 3.25. The molecule has 0 unspecified atom stereocenters. The normalized spacial score (nSPS) is 14.5. The maximum Gasteiger partial charge on any atom is 0.228 e. The Hall–Kier alpha value is -2.21. The molecule has 1 fully saturated rings. The molecule has 0 bridgehead atoms. The number of nitrogens with zero attached hydrogens (tertiary/aromatic N) is 3. The Kier molecular flexibility index (Phi) is 6.04. The number of hydrogen-bond acceptors (Lipinski definition) is 4. The molecule has 138 valence electrons. The molecular formula is C20H25N3O2S. The third kappa shape index (κ3) is 4.69. The van der Waals surface area contributed by atoms with Crippen molar-refractivity contribution in [3.63, 3.8) is 0 Å². The van der Waals surface area contributed by atoms with Crippen LogP contribution in [0.4, 0.5) is 0 Å². The Labute approximate surface area is 158 Å². The second kappa shape index (κ2) is 8.45. The number of aromatic nitrogens is 1. The molecule has 2 aromatic rings. The van der Waals surface area contributed by atoms with Crippen molar-refractivity contribution in [1.82, 2.24) is 14.8 Å². The van der Waals surface area contributed by atoms with E-state index in [-0.39, 0.29) is 11.8 Å². The standard InChI is InChI=1S/C20H25N3O2S/c1-15-18(26-16(2)21-15)14-20(25)23-12-10-22(11-13-23)19(24)9-8-17-6-4-3-5-7-17/h3-7H,8-14H2,1-2H3. The van der Waals surface area contributed by atoms with Crippen molar-refractivity contribution in [3.05, 3.63) is 51.5 Å². The first kappa shape index (κ1) is 18.6. The lowest BCUT2D eigenvalue weighted by Gasteiger charge is -2.35. The summed E-state index contributed by atoms with van der Waals surface area (Å²) in [4.78, 5) is 34.1. The number of benzene rings is 1. The molecule has 1 aromatic heterocycles. The van der Waals surface area contributed by atoms with Crippen LogP contribution in [0.25, 0.3) is 0 Å². The van der Waals surface area contributed by atoms with Gasteiger partial charge in [-0.2, -0.15) is 0 Å². The number of amides is 2. The van der Waals surface area contributed by atoms with E-state index in [0.29, 0.717) is 39.0 Å². The molecule has 1 aromatic carbocycles. The Bertz CT molecular complexity index is 765. The molecule has 0 spiro atoms. The van der Waals surface area contributed by atoms with E-state index in [0.717, 1.165) is 22.0 Å². The third-order valence-electron chi connectivity index (χ3n) is 4.77. The smallest absolute Gasteiger partial charge is 0.228 e. The highest BCUT2D eigenvalue weighted by Crippen LogP contribution is 2.19. The van der Waals surface area contributed by atoms with Crippen molar-refractivity contribution in [2.24, 2.45) is 0 Å². The fourth-order valence-corrected chi connectivity index (χ4v) is 4.17. The number of rotatable bonds is 5. The summed E-state index contributed by atoms with van der Waals surface area (Å²) in [6.45, 7) is 6.40. The molecule has 0 atom stereocenters. The van der Waals surface area contributed by atoms with Gasteiger partial charge in [0.2, 0.25) is 11.8 Å². The van der Waals surface area contributed by atoms with Gasteiger partial charge in [-0.1, -0.05) is 30.3 Å². The molecular weight excluding hydrogens is 346 g/mol. The number of hydrogen-bond donors (Lipinski definition) is 0. The lowest BCUT2D eigenvalue weighted by Crippen LogP contribution is -2.51. The molecule has 3 rings (SSSR count). The van der Waals surface area contributed by atoms with Gasteiger partial charge in [0.05, 0.1) is 17.1 Å². The molecule has 2 heterocycles. The molecule has 0 radical (unpaired) electrons. The minimum absolute atomic E-state index is 0.133. The zero-order valence-electron chi connectivity index (χ0n) is 15.4. The summed E-state index contributed by atoms with van der Waals surface area (Å²) in [7, 11) is 0. The van der Waals surface area contributed by atoms with Crippen LogP contribution in [0.1, 0.15) is 27.6 Å². The van der Waals surface area contributed by atoms with Crippen LogP contribution in [-0.4, -0.2) is 52.8 Å². The summed E-state index contributed by atoms with van der Waals surface area (Å²) in [5.74, 6) is 0.308. The molecule has 6 heteroatoms. The van der Waals surface area contributed by atoms with Gasteiger partial charge < -0.3 is 9.80 Å². The van der Waals surface area contributed by atoms with Gasteiger partial charge in [-0.15, -0.1) is 11.3 Å². The van der Waals surface area contributed by atoms with Crippen molar-refractivity contribution in [2.45, 2.75) is 33.1 Å². The lowest BCUT2D eigenvalue weighted by atomic mass is 10.1. The summed E-state index contributed by atoms with van der Waals surface area (Å²) >= 11 is 1.59. The van der Waals surface area contributed by atoms with Gasteiger partial charge in [0, 0.05) is 37.5 Å². The average molecular weight is 372 g/mol. The number of carbonyl (C=O) groups is 2. The van der Waals surface area contributed by atoms with Gasteiger partial charge >= 0.3 is 0 Å². The van der Waals surface area contributed by atoms with E-state index in [2.05, 4.69) is 4.98 Å². The van der Waals surface area contributed by atoms with E-state index >= 15 is 0 Å². The van der Waals surface area contributed by atoms with E-state index < -0.39 is 0 Å². The quantitative estimate of drug-likeness (QED) is 0.812. The molecule has 1 aliphatic heterocycles. The molecule has 0 saturated carbocycles. The van der Waals surface area contributed by atoms with Crippen molar-refractivity contribution in [1.29, 1.82) is 0 Å². The van der Waals surface area contributed by atoms with E-state index in [1.54, 1.807) is 11.3 Å². The maximum absolute atomic E-state index is 12.5. The average Bonchev–Trinajstić information content (AvgIpc) is 2.97. The predicted octanol–water partition coefficient (Wildman–Crippen LogP) is 2.61. The number of aryl methyl sites for hydroxylation is 3. The van der Waals surface area contributed by atoms with E-state index in [9.17, 15) is 9.59 Å². The monoisotopic (exact) mass is 371 g/mol. The summed E-state index contributed by atoms with van der Waals surface area (Å²) in [6, 6.07) is 10.1. The Balaban J connectivity index is 1.45. The maximum atomic E-state index is 12.5. The van der Waals surface area contributed by atoms with E-state index in [4.69, 9.17) is 0 Å². The van der Waals surface area contributed by atoms with Crippen LogP contribution < -0.4 is 0 Å². The molecule has 5 nitrogen and oxygen atoms in total. The Morgan fingerprint density at radius 1 is 1.00 bits per heavy atom. The Morgan fingerprint density at radius 3 is 2.19 bits per heavy atom. The van der Waals surface area contributed by atoms with Gasteiger partial charge in [-0.05, 0) is 25.8 Å². The molecule has 1 saturated heterocycles. The van der Waals surface area contributed by atoms with Gasteiger partial charge in [0.25, 0.3) is 0 Å². The van der Waals surface area contributed by atoms with E-state index in [1.165, 1.54) is 5.56 Å². The van der Waals surface area contributed by atoms with Crippen LogP contribution in [0.5, 0.6) is 0 Å². The zero-order chi connectivity index (χ0) is 18.5. The van der Waals surface area contributed by atoms with Crippen LogP contribution >= 0.6 is 11.3 Å². The minimum atomic E-state index is 0.133. The molecule has 0 aliphatic carbocycles. The largest absolute Gasteiger partial charge is 0.339 e. The van der Waals surface area contributed by atoms with Gasteiger partial charge in [-0.3, -0.25) is 9.59 Å². The van der Waals surface area contributed by atoms with Gasteiger partial charge in [0.1, 0.15) is 0 Å². The molecule has 0 N–H and O–H groups in total. The van der Waals surface area contributed by atoms with Crippen LogP contribution in [0.2, 0.25) is 0 Å². The minimum Gasteiger partial charge on any atom is -0.339 e. The number of carbonyl (C=O) groups excluding carboxylic acids is 2. The first-order valence-corrected chi connectivity index (χ1v) is 9.87. The second-order valence-electron chi connectivity index (χ2n) is 6.67. The Morgan fingerprint density at radius 2 is 1.62 bits per heavy atom. The zero-order valence-corrected chi connectivity index (χ0v) is 16.2. The van der Waals surface area contributed by atoms with Crippen molar-refractivity contribution >= 4 is 23.2 Å². The van der Waals surface area contributed by atoms with Crippen LogP contribution in [0.15, 0.2) is 30.3 Å². The summed E-state index contributed by atoms with van der Waals surface area (Å²) < 4.78 is 0. The fraction of sp³-hybridized carbons (Fsp3) is 0.450. The van der Waals surface area contributed by atoms with Gasteiger partial charge in [0.15, 0.2) is 0 Å². The highest BCUT2D eigenvalue weighted by molar-refractivity contribution is 7.11. The first-order chi connectivity index (χ1) is 12.5. The highest BCUT2D eigenvalue weighted by atomic mass is 32.1. The highest BCUT2D eigenvalue weighted by Gasteiger charge is 2.24. The number of thiazole rings is 1. The van der Waals surface area contributed by atoms with Crippen molar-refractivity contribution in [2.75, 3.05) is 26.2 Å². The van der Waals surface area contributed by atoms with Crippen molar-refractivity contribution < 1.29 is 9.59 Å². The predicted molar refractivity (Wildman–Crippen MR) is 103 cm³/mol. The molecule has 26 heavy (non-hydrogen) atoms. The van der Waals surface area contributed by atoms with Gasteiger partial charge in [-0.25, -0.2) is 4.98 Å². The van der Waals surface area contributed by atoms with Crippen LogP contribution in [0, 0.1) is 13.8 Å². The first-order valence-electron chi connectivity index (χ1n) is 9.05. The SMILES string of the molecule is Cc1nc(C)c(CC(=O)N2CCN(C(=O)CCc3ccccc3)CC2)s1. The lowest BCUT2D eigenvalue weighted by molar-refractivity contribution is -0.139. The van der Waals surface area contributed by atoms with Crippen molar-refractivity contribution in [3.8, 4) is 0 Å². The summed E-state index contributed by atoms with van der Waals surface area (Å²) in [5, 5.41) is 0.999. The van der Waals surface area contributed by atoms with Crippen LogP contribution in [0.3, 0.4) is 0 Å². The summed E-state index contributed by atoms with van der Waals surface area (Å²) in [5.41, 5.74) is 2.14. The third-order valence-corrected chi connectivity index (χ3v) is 5.84. The number of piperazine rings is 1. The molecule has 2 amide bonds. The second-order valence-corrected chi connectivity index (χ2v) is 7.95. The topological polar surface area (TPSA) is 53.5 Å². The van der Waals surface area contributed by atoms with Crippen LogP contribution in [-0.2, 0) is 22.4 Å². The molecule has 1 aliphatic rings. The van der Waals surface area contributed by atoms with E-state index in [1.807, 2.05) is 54.0 Å². The summed E-state index contributed by atoms with van der Waals surface area (Å²) in [6.07, 6.45) is 1.71.